The van der Waals surface area contributed by atoms with E-state index in [2.05, 4.69) is 15.5 Å². The molecule has 11 heteroatoms. The van der Waals surface area contributed by atoms with Crippen molar-refractivity contribution in [3.05, 3.63) is 69.9 Å². The first kappa shape index (κ1) is 21.0. The van der Waals surface area contributed by atoms with Gasteiger partial charge in [0.25, 0.3) is 5.91 Å². The van der Waals surface area contributed by atoms with Crippen LogP contribution in [0.15, 0.2) is 53.4 Å². The third-order valence-electron chi connectivity index (χ3n) is 4.82. The lowest BCUT2D eigenvalue weighted by Crippen LogP contribution is -2.30. The highest BCUT2D eigenvalue weighted by atomic mass is 32.2. The van der Waals surface area contributed by atoms with Gasteiger partial charge in [-0.3, -0.25) is 4.79 Å². The number of carbonyl (C=O) groups is 1. The number of aromatic nitrogens is 2. The smallest absolute Gasteiger partial charge is 0.286 e. The Labute approximate surface area is 182 Å². The predicted molar refractivity (Wildman–Crippen MR) is 111 cm³/mol. The fourth-order valence-electron chi connectivity index (χ4n) is 3.34. The summed E-state index contributed by atoms with van der Waals surface area (Å²) in [4.78, 5) is 12.5. The number of anilines is 1. The maximum atomic E-state index is 13.8. The normalized spacial score (nSPS) is 16.7. The summed E-state index contributed by atoms with van der Waals surface area (Å²) in [6, 6.07) is 13.0. The summed E-state index contributed by atoms with van der Waals surface area (Å²) in [7, 11) is -3.86. The predicted octanol–water partition coefficient (Wildman–Crippen LogP) is 3.33. The number of para-hydroxylation sites is 1. The molecule has 0 unspecified atom stereocenters. The Morgan fingerprint density at radius 1 is 1.23 bits per heavy atom. The Bertz CT molecular complexity index is 1290. The first-order valence-electron chi connectivity index (χ1n) is 9.31. The first-order valence-corrected chi connectivity index (χ1v) is 11.6. The molecule has 1 aliphatic rings. The second-order valence-electron chi connectivity index (χ2n) is 6.79. The largest absolute Gasteiger partial charge is 0.317 e. The third-order valence-corrected chi connectivity index (χ3v) is 7.74. The summed E-state index contributed by atoms with van der Waals surface area (Å²) < 4.78 is 41.4. The summed E-state index contributed by atoms with van der Waals surface area (Å²) in [5.41, 5.74) is 0.270. The molecule has 4 rings (SSSR count). The highest BCUT2D eigenvalue weighted by Crippen LogP contribution is 2.38. The number of benzene rings is 2. The maximum Gasteiger partial charge on any atom is 0.286 e. The van der Waals surface area contributed by atoms with Crippen molar-refractivity contribution in [2.75, 3.05) is 11.9 Å². The van der Waals surface area contributed by atoms with Gasteiger partial charge in [0.05, 0.1) is 28.3 Å². The minimum atomic E-state index is -3.86. The van der Waals surface area contributed by atoms with Gasteiger partial charge in [-0.25, -0.2) is 12.8 Å². The maximum absolute atomic E-state index is 13.8. The van der Waals surface area contributed by atoms with Gasteiger partial charge < -0.3 is 5.32 Å². The van der Waals surface area contributed by atoms with Gasteiger partial charge in [-0.2, -0.15) is 9.57 Å². The van der Waals surface area contributed by atoms with E-state index >= 15 is 0 Å². The van der Waals surface area contributed by atoms with Gasteiger partial charge in [-0.15, -0.1) is 10.2 Å². The number of halogens is 1. The molecule has 0 aliphatic carbocycles. The molecule has 8 nitrogen and oxygen atoms in total. The van der Waals surface area contributed by atoms with Crippen molar-refractivity contribution in [2.24, 2.45) is 0 Å². The van der Waals surface area contributed by atoms with Crippen molar-refractivity contribution in [1.29, 1.82) is 5.26 Å². The fourth-order valence-corrected chi connectivity index (χ4v) is 6.00. The van der Waals surface area contributed by atoms with Crippen molar-refractivity contribution in [3.63, 3.8) is 0 Å². The minimum absolute atomic E-state index is 0.00831. The van der Waals surface area contributed by atoms with E-state index < -0.39 is 27.8 Å². The van der Waals surface area contributed by atoms with Crippen LogP contribution in [0.3, 0.4) is 0 Å². The number of nitrogens with zero attached hydrogens (tertiary/aromatic N) is 4. The van der Waals surface area contributed by atoms with Crippen LogP contribution in [0.1, 0.15) is 39.3 Å². The van der Waals surface area contributed by atoms with Crippen molar-refractivity contribution < 1.29 is 17.6 Å². The van der Waals surface area contributed by atoms with Crippen LogP contribution < -0.4 is 5.32 Å². The van der Waals surface area contributed by atoms with E-state index in [-0.39, 0.29) is 21.2 Å². The number of nitriles is 1. The number of hydrogen-bond acceptors (Lipinski definition) is 7. The van der Waals surface area contributed by atoms with Gasteiger partial charge in [0.2, 0.25) is 15.0 Å². The van der Waals surface area contributed by atoms with E-state index in [0.29, 0.717) is 24.4 Å². The molecule has 0 spiro atoms. The molecular formula is C20H16FN5O3S2. The highest BCUT2D eigenvalue weighted by Gasteiger charge is 2.38. The van der Waals surface area contributed by atoms with Crippen molar-refractivity contribution >= 4 is 33.0 Å². The van der Waals surface area contributed by atoms with Crippen LogP contribution in [0, 0.1) is 17.1 Å². The number of amides is 1. The van der Waals surface area contributed by atoms with E-state index in [1.54, 1.807) is 6.07 Å². The van der Waals surface area contributed by atoms with Gasteiger partial charge in [0, 0.05) is 6.54 Å². The Balaban J connectivity index is 1.57. The van der Waals surface area contributed by atoms with E-state index in [4.69, 9.17) is 5.26 Å². The Hall–Kier alpha value is -3.20. The Morgan fingerprint density at radius 2 is 2.03 bits per heavy atom. The topological polar surface area (TPSA) is 116 Å². The summed E-state index contributed by atoms with van der Waals surface area (Å²) in [6.07, 6.45) is 1.15. The molecule has 0 bridgehead atoms. The molecule has 1 N–H and O–H groups in total. The lowest BCUT2D eigenvalue weighted by Gasteiger charge is -2.22. The van der Waals surface area contributed by atoms with E-state index in [1.807, 2.05) is 6.07 Å². The SMILES string of the molecule is N#Cc1cccc(S(=O)(=O)N2CCC[C@H]2c2nnc(C(=O)Nc3ccccc3F)s2)c1. The van der Waals surface area contributed by atoms with Crippen LogP contribution in [-0.4, -0.2) is 35.4 Å². The number of sulfonamides is 1. The molecule has 1 atom stereocenters. The number of hydrogen-bond donors (Lipinski definition) is 1. The molecule has 1 aliphatic heterocycles. The molecule has 0 radical (unpaired) electrons. The van der Waals surface area contributed by atoms with Crippen LogP contribution in [0.25, 0.3) is 0 Å². The van der Waals surface area contributed by atoms with Crippen LogP contribution in [0.4, 0.5) is 10.1 Å². The summed E-state index contributed by atoms with van der Waals surface area (Å²) >= 11 is 0.971. The zero-order valence-electron chi connectivity index (χ0n) is 16.0. The van der Waals surface area contributed by atoms with Gasteiger partial charge in [-0.05, 0) is 43.2 Å². The second kappa shape index (κ2) is 8.50. The monoisotopic (exact) mass is 457 g/mol. The number of nitrogens with one attached hydrogen (secondary N) is 1. The summed E-state index contributed by atoms with van der Waals surface area (Å²) in [5.74, 6) is -1.20. The highest BCUT2D eigenvalue weighted by molar-refractivity contribution is 7.89. The molecule has 1 fully saturated rings. The summed E-state index contributed by atoms with van der Waals surface area (Å²) in [6.45, 7) is 0.292. The molecule has 31 heavy (non-hydrogen) atoms. The number of rotatable bonds is 5. The molecule has 1 aromatic heterocycles. The second-order valence-corrected chi connectivity index (χ2v) is 9.69. The average Bonchev–Trinajstić information content (AvgIpc) is 3.45. The van der Waals surface area contributed by atoms with E-state index in [9.17, 15) is 17.6 Å². The quantitative estimate of drug-likeness (QED) is 0.628. The lowest BCUT2D eigenvalue weighted by molar-refractivity contribution is 0.102. The molecule has 1 saturated heterocycles. The first-order chi connectivity index (χ1) is 14.9. The van der Waals surface area contributed by atoms with Crippen molar-refractivity contribution in [3.8, 4) is 6.07 Å². The molecule has 158 valence electrons. The van der Waals surface area contributed by atoms with Crippen molar-refractivity contribution in [1.82, 2.24) is 14.5 Å². The average molecular weight is 458 g/mol. The van der Waals surface area contributed by atoms with Gasteiger partial charge in [0.15, 0.2) is 0 Å². The molecule has 2 aromatic carbocycles. The van der Waals surface area contributed by atoms with Gasteiger partial charge in [-0.1, -0.05) is 29.5 Å². The Kier molecular flexibility index (Phi) is 5.77. The Morgan fingerprint density at radius 3 is 2.81 bits per heavy atom. The fraction of sp³-hybridized carbons (Fsp3) is 0.200. The van der Waals surface area contributed by atoms with E-state index in [1.165, 1.54) is 46.8 Å². The van der Waals surface area contributed by atoms with Crippen LogP contribution in [0.2, 0.25) is 0 Å². The van der Waals surface area contributed by atoms with Crippen LogP contribution in [-0.2, 0) is 10.0 Å². The van der Waals surface area contributed by atoms with Crippen molar-refractivity contribution in [2.45, 2.75) is 23.8 Å². The lowest BCUT2D eigenvalue weighted by atomic mass is 10.2. The molecular weight excluding hydrogens is 441 g/mol. The van der Waals surface area contributed by atoms with E-state index in [0.717, 1.165) is 11.3 Å². The standard InChI is InChI=1S/C20H16FN5O3S2/c21-15-7-1-2-8-16(15)23-18(27)20-25-24-19(30-20)17-9-4-10-26(17)31(28,29)14-6-3-5-13(11-14)12-22/h1-3,5-8,11,17H,4,9-10H2,(H,23,27)/t17-/m0/s1. The zero-order valence-corrected chi connectivity index (χ0v) is 17.7. The molecule has 3 aromatic rings. The third kappa shape index (κ3) is 4.18. The zero-order chi connectivity index (χ0) is 22.0. The van der Waals surface area contributed by atoms with Crippen LogP contribution >= 0.6 is 11.3 Å². The molecule has 2 heterocycles. The van der Waals surface area contributed by atoms with Gasteiger partial charge in [0.1, 0.15) is 10.8 Å². The molecule has 1 amide bonds. The van der Waals surface area contributed by atoms with Crippen LogP contribution in [0.5, 0.6) is 0 Å². The summed E-state index contributed by atoms with van der Waals surface area (Å²) in [5, 5.41) is 19.8. The number of carbonyl (C=O) groups excluding carboxylic acids is 1. The van der Waals surface area contributed by atoms with Gasteiger partial charge >= 0.3 is 0 Å². The molecule has 0 saturated carbocycles. The minimum Gasteiger partial charge on any atom is -0.317 e.